The minimum atomic E-state index is -0.951. The largest absolute Gasteiger partial charge is 0.381 e. The predicted molar refractivity (Wildman–Crippen MR) is 129 cm³/mol. The summed E-state index contributed by atoms with van der Waals surface area (Å²) in [5.74, 6) is 0.275. The van der Waals surface area contributed by atoms with Gasteiger partial charge in [-0.05, 0) is 53.4 Å². The molecule has 1 aliphatic heterocycles. The molecular formula is C26H24N2O3S. The van der Waals surface area contributed by atoms with Crippen LogP contribution in [0.2, 0.25) is 0 Å². The third-order valence-corrected chi connectivity index (χ3v) is 7.72. The topological polar surface area (TPSA) is 68.3 Å². The lowest BCUT2D eigenvalue weighted by Crippen LogP contribution is -2.25. The fraction of sp³-hybridized carbons (Fsp3) is 0.231. The van der Waals surface area contributed by atoms with Crippen molar-refractivity contribution in [1.29, 1.82) is 0 Å². The van der Waals surface area contributed by atoms with Crippen LogP contribution in [0.1, 0.15) is 28.8 Å². The van der Waals surface area contributed by atoms with E-state index in [9.17, 15) is 9.00 Å². The van der Waals surface area contributed by atoms with E-state index in [1.54, 1.807) is 6.20 Å². The Kier molecular flexibility index (Phi) is 5.97. The summed E-state index contributed by atoms with van der Waals surface area (Å²) in [4.78, 5) is 17.7. The number of rotatable bonds is 5. The lowest BCUT2D eigenvalue weighted by molar-refractivity contribution is 0.0991. The Bertz CT molecular complexity index is 1310. The highest BCUT2D eigenvalue weighted by atomic mass is 32.2. The summed E-state index contributed by atoms with van der Waals surface area (Å²) in [5, 5.41) is 6.22. The van der Waals surface area contributed by atoms with Gasteiger partial charge < -0.3 is 10.1 Å². The number of carbonyl (C=O) groups is 1. The quantitative estimate of drug-likeness (QED) is 0.437. The second-order valence-electron chi connectivity index (χ2n) is 8.04. The van der Waals surface area contributed by atoms with E-state index in [1.807, 2.05) is 66.7 Å². The molecule has 0 radical (unpaired) electrons. The molecule has 0 aliphatic carbocycles. The highest BCUT2D eigenvalue weighted by molar-refractivity contribution is 7.84. The van der Waals surface area contributed by atoms with Gasteiger partial charge in [-0.1, -0.05) is 42.5 Å². The molecule has 5 rings (SSSR count). The third kappa shape index (κ3) is 4.29. The van der Waals surface area contributed by atoms with Gasteiger partial charge in [0.2, 0.25) is 0 Å². The molecule has 1 amide bonds. The highest BCUT2D eigenvalue weighted by Crippen LogP contribution is 2.28. The molecule has 5 nitrogen and oxygen atoms in total. The zero-order valence-electron chi connectivity index (χ0n) is 17.6. The van der Waals surface area contributed by atoms with Crippen LogP contribution in [0.3, 0.4) is 0 Å². The number of fused-ring (bicyclic) bond motifs is 3. The summed E-state index contributed by atoms with van der Waals surface area (Å²) in [6, 6.07) is 21.4. The van der Waals surface area contributed by atoms with E-state index in [4.69, 9.17) is 4.74 Å². The average Bonchev–Trinajstić information content (AvgIpc) is 2.84. The number of carbonyl (C=O) groups excluding carboxylic acids is 1. The zero-order chi connectivity index (χ0) is 21.9. The summed E-state index contributed by atoms with van der Waals surface area (Å²) < 4.78 is 18.1. The first-order valence-electron chi connectivity index (χ1n) is 10.8. The molecule has 1 aromatic heterocycles. The number of aromatic nitrogens is 1. The maximum absolute atomic E-state index is 13.2. The number of amides is 1. The van der Waals surface area contributed by atoms with Crippen molar-refractivity contribution in [3.63, 3.8) is 0 Å². The summed E-state index contributed by atoms with van der Waals surface area (Å²) in [6.45, 7) is 1.36. The van der Waals surface area contributed by atoms with Crippen molar-refractivity contribution < 1.29 is 13.7 Å². The summed E-state index contributed by atoms with van der Waals surface area (Å²) in [6.07, 6.45) is 3.39. The van der Waals surface area contributed by atoms with Crippen molar-refractivity contribution in [2.45, 2.75) is 23.8 Å². The first-order chi connectivity index (χ1) is 15.7. The maximum atomic E-state index is 13.2. The van der Waals surface area contributed by atoms with Gasteiger partial charge in [-0.3, -0.25) is 14.0 Å². The molecule has 1 fully saturated rings. The number of hydrogen-bond acceptors (Lipinski definition) is 4. The molecule has 4 aromatic rings. The van der Waals surface area contributed by atoms with E-state index in [-0.39, 0.29) is 11.2 Å². The number of pyridine rings is 1. The van der Waals surface area contributed by atoms with Crippen LogP contribution < -0.4 is 5.32 Å². The van der Waals surface area contributed by atoms with Gasteiger partial charge in [-0.25, -0.2) is 0 Å². The second-order valence-corrected chi connectivity index (χ2v) is 9.75. The number of benzene rings is 3. The van der Waals surface area contributed by atoms with Gasteiger partial charge >= 0.3 is 0 Å². The van der Waals surface area contributed by atoms with Gasteiger partial charge in [-0.15, -0.1) is 0 Å². The number of nitrogens with one attached hydrogen (secondary N) is 1. The molecule has 1 N–H and O–H groups in total. The van der Waals surface area contributed by atoms with Gasteiger partial charge in [-0.2, -0.15) is 0 Å². The minimum Gasteiger partial charge on any atom is -0.381 e. The summed E-state index contributed by atoms with van der Waals surface area (Å²) >= 11 is 0. The fourth-order valence-corrected chi connectivity index (χ4v) is 5.72. The zero-order valence-corrected chi connectivity index (χ0v) is 18.4. The summed E-state index contributed by atoms with van der Waals surface area (Å²) in [5.41, 5.74) is 2.86. The van der Waals surface area contributed by atoms with Crippen molar-refractivity contribution in [1.82, 2.24) is 4.98 Å². The molecule has 3 aromatic carbocycles. The van der Waals surface area contributed by atoms with Gasteiger partial charge in [0.05, 0.1) is 11.1 Å². The SMILES string of the molecule is O=C(Nc1cccc(CS(=O)C2CCOCC2)c1)c1cc2ccccc2c2cccnc12. The Balaban J connectivity index is 1.40. The van der Waals surface area contributed by atoms with E-state index in [2.05, 4.69) is 10.3 Å². The molecule has 1 atom stereocenters. The third-order valence-electron chi connectivity index (χ3n) is 5.89. The van der Waals surface area contributed by atoms with Crippen molar-refractivity contribution >= 4 is 44.1 Å². The second kappa shape index (κ2) is 9.18. The smallest absolute Gasteiger partial charge is 0.257 e. The Morgan fingerprint density at radius 3 is 2.69 bits per heavy atom. The molecule has 0 spiro atoms. The molecule has 6 heteroatoms. The van der Waals surface area contributed by atoms with Gasteiger partial charge in [0.15, 0.2) is 0 Å². The molecule has 1 aliphatic rings. The van der Waals surface area contributed by atoms with E-state index < -0.39 is 10.8 Å². The van der Waals surface area contributed by atoms with Crippen LogP contribution in [-0.4, -0.2) is 33.6 Å². The van der Waals surface area contributed by atoms with Crippen LogP contribution in [0.4, 0.5) is 5.69 Å². The van der Waals surface area contributed by atoms with E-state index >= 15 is 0 Å². The molecule has 0 bridgehead atoms. The Labute approximate surface area is 189 Å². The van der Waals surface area contributed by atoms with Gasteiger partial charge in [0.25, 0.3) is 5.91 Å². The number of anilines is 1. The lowest BCUT2D eigenvalue weighted by Gasteiger charge is -2.21. The Morgan fingerprint density at radius 1 is 1.00 bits per heavy atom. The number of nitrogens with zero attached hydrogens (tertiary/aromatic N) is 1. The standard InChI is InChI=1S/C26H24N2O3S/c29-26(24-16-19-6-1-2-8-22(19)23-9-4-12-27-25(23)24)28-20-7-3-5-18(15-20)17-32(30)21-10-13-31-14-11-21/h1-9,12,15-16,21H,10-11,13-14,17H2,(H,28,29). The number of hydrogen-bond donors (Lipinski definition) is 1. The van der Waals surface area contributed by atoms with Gasteiger partial charge in [0.1, 0.15) is 0 Å². The first kappa shape index (κ1) is 20.8. The lowest BCUT2D eigenvalue weighted by atomic mass is 10.0. The van der Waals surface area contributed by atoms with Crippen LogP contribution in [0.15, 0.2) is 72.9 Å². The van der Waals surface area contributed by atoms with Crippen molar-refractivity contribution in [2.75, 3.05) is 18.5 Å². The Morgan fingerprint density at radius 2 is 1.81 bits per heavy atom. The Hall–Kier alpha value is -3.09. The fourth-order valence-electron chi connectivity index (χ4n) is 4.26. The maximum Gasteiger partial charge on any atom is 0.257 e. The average molecular weight is 445 g/mol. The van der Waals surface area contributed by atoms with Crippen LogP contribution >= 0.6 is 0 Å². The van der Waals surface area contributed by atoms with Crippen LogP contribution in [0, 0.1) is 0 Å². The van der Waals surface area contributed by atoms with E-state index in [0.717, 1.165) is 34.6 Å². The monoisotopic (exact) mass is 444 g/mol. The van der Waals surface area contributed by atoms with Crippen molar-refractivity contribution in [3.05, 3.63) is 84.1 Å². The molecule has 162 valence electrons. The molecule has 0 saturated carbocycles. The van der Waals surface area contributed by atoms with Crippen LogP contribution in [-0.2, 0) is 21.3 Å². The molecular weight excluding hydrogens is 420 g/mol. The predicted octanol–water partition coefficient (Wildman–Crippen LogP) is 5.07. The first-order valence-corrected chi connectivity index (χ1v) is 12.2. The highest BCUT2D eigenvalue weighted by Gasteiger charge is 2.20. The van der Waals surface area contributed by atoms with Crippen molar-refractivity contribution in [2.24, 2.45) is 0 Å². The van der Waals surface area contributed by atoms with Gasteiger partial charge in [0, 0.05) is 52.3 Å². The van der Waals surface area contributed by atoms with Crippen molar-refractivity contribution in [3.8, 4) is 0 Å². The molecule has 2 heterocycles. The van der Waals surface area contributed by atoms with Crippen LogP contribution in [0.5, 0.6) is 0 Å². The van der Waals surface area contributed by atoms with Crippen LogP contribution in [0.25, 0.3) is 21.7 Å². The molecule has 1 unspecified atom stereocenters. The normalized spacial score (nSPS) is 15.6. The minimum absolute atomic E-state index is 0.178. The number of ether oxygens (including phenoxy) is 1. The molecule has 32 heavy (non-hydrogen) atoms. The van der Waals surface area contributed by atoms with E-state index in [1.165, 1.54) is 0 Å². The van der Waals surface area contributed by atoms with E-state index in [0.29, 0.717) is 35.7 Å². The molecule has 1 saturated heterocycles. The summed E-state index contributed by atoms with van der Waals surface area (Å²) in [7, 11) is -0.951.